The molecule has 0 aliphatic carbocycles. The van der Waals surface area contributed by atoms with Gasteiger partial charge in [-0.2, -0.15) is 0 Å². The van der Waals surface area contributed by atoms with E-state index in [1.807, 2.05) is 20.8 Å². The van der Waals surface area contributed by atoms with Crippen LogP contribution in [0, 0.1) is 0 Å². The van der Waals surface area contributed by atoms with Crippen LogP contribution in [-0.4, -0.2) is 29.0 Å². The number of hydrogen-bond donors (Lipinski definition) is 3. The highest BCUT2D eigenvalue weighted by molar-refractivity contribution is 9.10. The number of halogens is 1. The summed E-state index contributed by atoms with van der Waals surface area (Å²) < 4.78 is 0.691. The Morgan fingerprint density at radius 2 is 1.95 bits per heavy atom. The maximum absolute atomic E-state index is 11.8. The smallest absolute Gasteiger partial charge is 0.255 e. The molecule has 0 aliphatic rings. The highest BCUT2D eigenvalue weighted by Gasteiger charge is 2.14. The average Bonchev–Trinajstić information content (AvgIpc) is 2.25. The van der Waals surface area contributed by atoms with E-state index in [1.165, 1.54) is 12.1 Å². The topological polar surface area (TPSA) is 78.4 Å². The number of rotatable bonds is 4. The van der Waals surface area contributed by atoms with Crippen molar-refractivity contribution in [2.45, 2.75) is 32.7 Å². The number of hydrogen-bond acceptors (Lipinski definition) is 3. The zero-order valence-corrected chi connectivity index (χ0v) is 13.4. The number of carbonyl (C=O) groups excluding carboxylic acids is 2. The van der Waals surface area contributed by atoms with Crippen molar-refractivity contribution in [2.24, 2.45) is 0 Å². The zero-order valence-electron chi connectivity index (χ0n) is 11.8. The molecule has 0 aromatic heterocycles. The molecular weight excluding hydrogens is 324 g/mol. The standard InChI is InChI=1S/C14H19BrN2O3/c1-14(2,3)17-12(19)6-7-16-13(20)10-5-4-9(15)8-11(10)18/h4-5,8,18H,6-7H2,1-3H3,(H,16,20)(H,17,19). The summed E-state index contributed by atoms with van der Waals surface area (Å²) in [6, 6.07) is 4.63. The molecule has 0 heterocycles. The van der Waals surface area contributed by atoms with Crippen molar-refractivity contribution in [1.82, 2.24) is 10.6 Å². The predicted molar refractivity (Wildman–Crippen MR) is 80.7 cm³/mol. The summed E-state index contributed by atoms with van der Waals surface area (Å²) in [6.45, 7) is 5.90. The van der Waals surface area contributed by atoms with E-state index < -0.39 is 5.91 Å². The number of carbonyl (C=O) groups is 2. The van der Waals surface area contributed by atoms with Gasteiger partial charge in [-0.1, -0.05) is 15.9 Å². The molecular formula is C14H19BrN2O3. The van der Waals surface area contributed by atoms with Crippen molar-refractivity contribution in [2.75, 3.05) is 6.54 Å². The fraction of sp³-hybridized carbons (Fsp3) is 0.429. The Kier molecular flexibility index (Phi) is 5.56. The number of amides is 2. The molecule has 0 fully saturated rings. The second-order valence-corrected chi connectivity index (χ2v) is 6.38. The van der Waals surface area contributed by atoms with E-state index in [0.29, 0.717) is 4.47 Å². The van der Waals surface area contributed by atoms with Gasteiger partial charge in [0.1, 0.15) is 5.75 Å². The first kappa shape index (κ1) is 16.5. The molecule has 1 rings (SSSR count). The van der Waals surface area contributed by atoms with Crippen LogP contribution in [0.15, 0.2) is 22.7 Å². The van der Waals surface area contributed by atoms with Crippen LogP contribution in [0.3, 0.4) is 0 Å². The Hall–Kier alpha value is -1.56. The Labute approximate surface area is 126 Å². The van der Waals surface area contributed by atoms with Gasteiger partial charge >= 0.3 is 0 Å². The van der Waals surface area contributed by atoms with Gasteiger partial charge in [0.05, 0.1) is 5.56 Å². The number of nitrogens with one attached hydrogen (secondary N) is 2. The van der Waals surface area contributed by atoms with E-state index in [4.69, 9.17) is 0 Å². The molecule has 0 spiro atoms. The summed E-state index contributed by atoms with van der Waals surface area (Å²) in [5.41, 5.74) is -0.102. The predicted octanol–water partition coefficient (Wildman–Crippen LogP) is 2.19. The summed E-state index contributed by atoms with van der Waals surface area (Å²) in [4.78, 5) is 23.4. The minimum Gasteiger partial charge on any atom is -0.507 e. The highest BCUT2D eigenvalue weighted by Crippen LogP contribution is 2.21. The maximum atomic E-state index is 11.8. The Morgan fingerprint density at radius 1 is 1.30 bits per heavy atom. The molecule has 1 aromatic rings. The van der Waals surface area contributed by atoms with Gasteiger partial charge in [-0.25, -0.2) is 0 Å². The molecule has 110 valence electrons. The first-order valence-electron chi connectivity index (χ1n) is 6.27. The Balaban J connectivity index is 2.46. The summed E-state index contributed by atoms with van der Waals surface area (Å²) >= 11 is 3.20. The van der Waals surface area contributed by atoms with Crippen LogP contribution in [0.25, 0.3) is 0 Å². The summed E-state index contributed by atoms with van der Waals surface area (Å²) in [6.07, 6.45) is 0.195. The Morgan fingerprint density at radius 3 is 2.50 bits per heavy atom. The van der Waals surface area contributed by atoms with Gasteiger partial charge in [-0.3, -0.25) is 9.59 Å². The van der Waals surface area contributed by atoms with Crippen LogP contribution >= 0.6 is 15.9 Å². The third-order valence-corrected chi connectivity index (χ3v) is 2.85. The summed E-state index contributed by atoms with van der Waals surface area (Å²) in [5, 5.41) is 15.1. The van der Waals surface area contributed by atoms with Crippen molar-refractivity contribution in [3.8, 4) is 5.75 Å². The highest BCUT2D eigenvalue weighted by atomic mass is 79.9. The second-order valence-electron chi connectivity index (χ2n) is 5.47. The van der Waals surface area contributed by atoms with E-state index in [9.17, 15) is 14.7 Å². The van der Waals surface area contributed by atoms with Gasteiger partial charge in [0, 0.05) is 23.0 Å². The molecule has 5 nitrogen and oxygen atoms in total. The van der Waals surface area contributed by atoms with Gasteiger partial charge < -0.3 is 15.7 Å². The molecule has 1 aromatic carbocycles. The van der Waals surface area contributed by atoms with Crippen LogP contribution in [0.5, 0.6) is 5.75 Å². The van der Waals surface area contributed by atoms with Gasteiger partial charge in [0.15, 0.2) is 0 Å². The lowest BCUT2D eigenvalue weighted by molar-refractivity contribution is -0.122. The van der Waals surface area contributed by atoms with Crippen molar-refractivity contribution >= 4 is 27.7 Å². The summed E-state index contributed by atoms with van der Waals surface area (Å²) in [7, 11) is 0. The quantitative estimate of drug-likeness (QED) is 0.784. The van der Waals surface area contributed by atoms with Gasteiger partial charge in [0.2, 0.25) is 5.91 Å². The second kappa shape index (κ2) is 6.74. The van der Waals surface area contributed by atoms with Gasteiger partial charge in [-0.15, -0.1) is 0 Å². The molecule has 2 amide bonds. The van der Waals surface area contributed by atoms with E-state index in [0.717, 1.165) is 0 Å². The van der Waals surface area contributed by atoms with Crippen molar-refractivity contribution in [3.63, 3.8) is 0 Å². The van der Waals surface area contributed by atoms with E-state index in [2.05, 4.69) is 26.6 Å². The average molecular weight is 343 g/mol. The molecule has 20 heavy (non-hydrogen) atoms. The van der Waals surface area contributed by atoms with Gasteiger partial charge in [0.25, 0.3) is 5.91 Å². The molecule has 0 atom stereocenters. The summed E-state index contributed by atoms with van der Waals surface area (Å²) in [5.74, 6) is -0.632. The molecule has 0 radical (unpaired) electrons. The van der Waals surface area contributed by atoms with Crippen molar-refractivity contribution < 1.29 is 14.7 Å². The fourth-order valence-corrected chi connectivity index (χ4v) is 1.91. The normalized spacial score (nSPS) is 11.0. The van der Waals surface area contributed by atoms with Crippen LogP contribution in [-0.2, 0) is 4.79 Å². The van der Waals surface area contributed by atoms with Gasteiger partial charge in [-0.05, 0) is 39.0 Å². The third kappa shape index (κ3) is 5.61. The lowest BCUT2D eigenvalue weighted by atomic mass is 10.1. The minimum atomic E-state index is -0.404. The molecule has 0 unspecified atom stereocenters. The first-order valence-corrected chi connectivity index (χ1v) is 7.06. The number of phenols is 1. The molecule has 0 aliphatic heterocycles. The fourth-order valence-electron chi connectivity index (χ4n) is 1.56. The molecule has 0 bridgehead atoms. The molecule has 0 saturated carbocycles. The number of phenolic OH excluding ortho intramolecular Hbond substituents is 1. The minimum absolute atomic E-state index is 0.101. The van der Waals surface area contributed by atoms with Crippen LogP contribution in [0.1, 0.15) is 37.6 Å². The van der Waals surface area contributed by atoms with E-state index in [-0.39, 0.29) is 35.7 Å². The van der Waals surface area contributed by atoms with Crippen LogP contribution in [0.4, 0.5) is 0 Å². The largest absolute Gasteiger partial charge is 0.507 e. The monoisotopic (exact) mass is 342 g/mol. The molecule has 3 N–H and O–H groups in total. The van der Waals surface area contributed by atoms with Crippen LogP contribution < -0.4 is 10.6 Å². The maximum Gasteiger partial charge on any atom is 0.255 e. The van der Waals surface area contributed by atoms with Crippen molar-refractivity contribution in [1.29, 1.82) is 0 Å². The van der Waals surface area contributed by atoms with Crippen molar-refractivity contribution in [3.05, 3.63) is 28.2 Å². The number of benzene rings is 1. The number of aromatic hydroxyl groups is 1. The molecule has 6 heteroatoms. The van der Waals surface area contributed by atoms with E-state index in [1.54, 1.807) is 6.07 Å². The van der Waals surface area contributed by atoms with Crippen LogP contribution in [0.2, 0.25) is 0 Å². The molecule has 0 saturated heterocycles. The zero-order chi connectivity index (χ0) is 15.3. The van der Waals surface area contributed by atoms with E-state index >= 15 is 0 Å². The lowest BCUT2D eigenvalue weighted by Gasteiger charge is -2.20. The Bertz CT molecular complexity index is 510. The first-order chi connectivity index (χ1) is 9.19. The SMILES string of the molecule is CC(C)(C)NC(=O)CCNC(=O)c1ccc(Br)cc1O. The third-order valence-electron chi connectivity index (χ3n) is 2.36. The lowest BCUT2D eigenvalue weighted by Crippen LogP contribution is -2.41.